The summed E-state index contributed by atoms with van der Waals surface area (Å²) in [4.78, 5) is 12.2. The minimum atomic E-state index is -0.488. The van der Waals surface area contributed by atoms with Gasteiger partial charge in [0, 0.05) is 19.2 Å². The molecule has 4 aliphatic carbocycles. The van der Waals surface area contributed by atoms with E-state index in [1.807, 2.05) is 0 Å². The Hall–Kier alpha value is -0.320. The Labute approximate surface area is 121 Å². The van der Waals surface area contributed by atoms with Crippen LogP contribution >= 0.6 is 12.4 Å². The monoisotopic (exact) mass is 288 g/mol. The van der Waals surface area contributed by atoms with Gasteiger partial charge in [0.15, 0.2) is 0 Å². The van der Waals surface area contributed by atoms with E-state index < -0.39 is 6.10 Å². The Bertz CT molecular complexity index is 309. The van der Waals surface area contributed by atoms with Gasteiger partial charge in [-0.1, -0.05) is 0 Å². The minimum absolute atomic E-state index is 0. The van der Waals surface area contributed by atoms with Gasteiger partial charge in [0.2, 0.25) is 0 Å². The Balaban J connectivity index is 0.00000133. The summed E-state index contributed by atoms with van der Waals surface area (Å²) >= 11 is 0. The van der Waals surface area contributed by atoms with Crippen molar-refractivity contribution >= 4 is 18.3 Å². The molecule has 0 heterocycles. The standard InChI is InChI=1S/C14H24N2O2.ClH/c1-18-12(8-15)13(17)16-14-5-9-2-10(6-14)4-11(3-9)7-14;/h9-12H,2-8,15H2,1H3,(H,16,17);1H. The number of hydrogen-bond donors (Lipinski definition) is 2. The fourth-order valence-electron chi connectivity index (χ4n) is 4.92. The molecule has 0 aliphatic heterocycles. The first-order valence-corrected chi connectivity index (χ1v) is 7.19. The van der Waals surface area contributed by atoms with Gasteiger partial charge < -0.3 is 15.8 Å². The second kappa shape index (κ2) is 5.58. The summed E-state index contributed by atoms with van der Waals surface area (Å²) in [5, 5.41) is 3.28. The Kier molecular flexibility index (Phi) is 4.43. The van der Waals surface area contributed by atoms with Crippen molar-refractivity contribution in [3.05, 3.63) is 0 Å². The summed E-state index contributed by atoms with van der Waals surface area (Å²) in [5.74, 6) is 2.52. The molecule has 4 saturated carbocycles. The fraction of sp³-hybridized carbons (Fsp3) is 0.929. The highest BCUT2D eigenvalue weighted by molar-refractivity contribution is 5.85. The van der Waals surface area contributed by atoms with E-state index >= 15 is 0 Å². The highest BCUT2D eigenvalue weighted by atomic mass is 35.5. The van der Waals surface area contributed by atoms with Gasteiger partial charge in [0.25, 0.3) is 5.91 Å². The average molecular weight is 289 g/mol. The molecule has 4 nitrogen and oxygen atoms in total. The van der Waals surface area contributed by atoms with Crippen molar-refractivity contribution in [2.45, 2.75) is 50.2 Å². The van der Waals surface area contributed by atoms with E-state index in [0.717, 1.165) is 17.8 Å². The van der Waals surface area contributed by atoms with Crippen LogP contribution in [-0.2, 0) is 9.53 Å². The second-order valence-electron chi connectivity index (χ2n) is 6.65. The van der Waals surface area contributed by atoms with Crippen LogP contribution in [-0.4, -0.2) is 31.2 Å². The lowest BCUT2D eigenvalue weighted by Crippen LogP contribution is -2.61. The molecule has 0 aromatic rings. The molecule has 4 aliphatic rings. The van der Waals surface area contributed by atoms with Crippen molar-refractivity contribution in [2.24, 2.45) is 23.5 Å². The zero-order valence-electron chi connectivity index (χ0n) is 11.6. The van der Waals surface area contributed by atoms with Gasteiger partial charge >= 0.3 is 0 Å². The number of halogens is 1. The fourth-order valence-corrected chi connectivity index (χ4v) is 4.92. The van der Waals surface area contributed by atoms with Crippen LogP contribution in [0.3, 0.4) is 0 Å². The number of carbonyl (C=O) groups excluding carboxylic acids is 1. The number of nitrogens with two attached hydrogens (primary N) is 1. The first-order valence-electron chi connectivity index (χ1n) is 7.19. The molecule has 0 spiro atoms. The number of amides is 1. The maximum absolute atomic E-state index is 12.2. The van der Waals surface area contributed by atoms with Gasteiger partial charge in [-0.25, -0.2) is 0 Å². The molecule has 0 saturated heterocycles. The molecule has 0 radical (unpaired) electrons. The number of methoxy groups -OCH3 is 1. The van der Waals surface area contributed by atoms with Crippen LogP contribution in [0.4, 0.5) is 0 Å². The van der Waals surface area contributed by atoms with Crippen LogP contribution in [0, 0.1) is 17.8 Å². The van der Waals surface area contributed by atoms with Crippen molar-refractivity contribution in [2.75, 3.05) is 13.7 Å². The third kappa shape index (κ3) is 2.76. The molecule has 1 atom stereocenters. The molecule has 1 unspecified atom stereocenters. The van der Waals surface area contributed by atoms with Crippen LogP contribution < -0.4 is 11.1 Å². The highest BCUT2D eigenvalue weighted by Gasteiger charge is 2.51. The normalized spacial score (nSPS) is 40.6. The Morgan fingerprint density at radius 3 is 2.11 bits per heavy atom. The van der Waals surface area contributed by atoms with Gasteiger partial charge in [-0.3, -0.25) is 4.79 Å². The van der Waals surface area contributed by atoms with Crippen molar-refractivity contribution in [1.82, 2.24) is 5.32 Å². The predicted molar refractivity (Wildman–Crippen MR) is 76.1 cm³/mol. The lowest BCUT2D eigenvalue weighted by Gasteiger charge is -2.57. The molecule has 19 heavy (non-hydrogen) atoms. The topological polar surface area (TPSA) is 64.3 Å². The number of nitrogens with one attached hydrogen (secondary N) is 1. The van der Waals surface area contributed by atoms with E-state index in [-0.39, 0.29) is 30.4 Å². The maximum atomic E-state index is 12.2. The van der Waals surface area contributed by atoms with Gasteiger partial charge in [-0.15, -0.1) is 12.4 Å². The summed E-state index contributed by atoms with van der Waals surface area (Å²) in [6.07, 6.45) is 7.19. The average Bonchev–Trinajstić information content (AvgIpc) is 2.27. The Morgan fingerprint density at radius 2 is 1.74 bits per heavy atom. The molecule has 4 fully saturated rings. The SMILES string of the molecule is COC(CN)C(=O)NC12CC3CC(CC(C3)C1)C2.Cl. The highest BCUT2D eigenvalue weighted by Crippen LogP contribution is 2.55. The molecule has 0 aromatic carbocycles. The molecule has 1 amide bonds. The van der Waals surface area contributed by atoms with Crippen LogP contribution in [0.1, 0.15) is 38.5 Å². The first kappa shape index (κ1) is 15.1. The molecule has 3 N–H and O–H groups in total. The molecule has 110 valence electrons. The summed E-state index contributed by atoms with van der Waals surface area (Å²) in [6, 6.07) is 0. The third-order valence-corrected chi connectivity index (χ3v) is 5.22. The minimum Gasteiger partial charge on any atom is -0.370 e. The summed E-state index contributed by atoms with van der Waals surface area (Å²) in [7, 11) is 1.55. The van der Waals surface area contributed by atoms with Gasteiger partial charge in [-0.2, -0.15) is 0 Å². The van der Waals surface area contributed by atoms with Crippen LogP contribution in [0.5, 0.6) is 0 Å². The van der Waals surface area contributed by atoms with E-state index in [1.165, 1.54) is 38.5 Å². The van der Waals surface area contributed by atoms with E-state index in [9.17, 15) is 4.79 Å². The van der Waals surface area contributed by atoms with Crippen molar-refractivity contribution in [3.8, 4) is 0 Å². The summed E-state index contributed by atoms with van der Waals surface area (Å²) < 4.78 is 5.14. The number of carbonyl (C=O) groups is 1. The number of rotatable bonds is 4. The van der Waals surface area contributed by atoms with E-state index in [0.29, 0.717) is 0 Å². The molecular weight excluding hydrogens is 264 g/mol. The molecule has 5 heteroatoms. The summed E-state index contributed by atoms with van der Waals surface area (Å²) in [6.45, 7) is 0.259. The molecular formula is C14H25ClN2O2. The van der Waals surface area contributed by atoms with Crippen molar-refractivity contribution < 1.29 is 9.53 Å². The van der Waals surface area contributed by atoms with Gasteiger partial charge in [0.1, 0.15) is 6.10 Å². The van der Waals surface area contributed by atoms with Crippen molar-refractivity contribution in [1.29, 1.82) is 0 Å². The molecule has 0 aromatic heterocycles. The zero-order chi connectivity index (χ0) is 12.8. The lowest BCUT2D eigenvalue weighted by molar-refractivity contribution is -0.136. The van der Waals surface area contributed by atoms with Gasteiger partial charge in [-0.05, 0) is 56.3 Å². The van der Waals surface area contributed by atoms with Crippen LogP contribution in [0.2, 0.25) is 0 Å². The third-order valence-electron chi connectivity index (χ3n) is 5.22. The first-order chi connectivity index (χ1) is 8.64. The largest absolute Gasteiger partial charge is 0.370 e. The van der Waals surface area contributed by atoms with E-state index in [1.54, 1.807) is 7.11 Å². The van der Waals surface area contributed by atoms with Crippen molar-refractivity contribution in [3.63, 3.8) is 0 Å². The molecule has 4 rings (SSSR count). The lowest BCUT2D eigenvalue weighted by atomic mass is 9.53. The zero-order valence-corrected chi connectivity index (χ0v) is 12.4. The van der Waals surface area contributed by atoms with E-state index in [4.69, 9.17) is 10.5 Å². The quantitative estimate of drug-likeness (QED) is 0.823. The molecule has 4 bridgehead atoms. The summed E-state index contributed by atoms with van der Waals surface area (Å²) in [5.41, 5.74) is 5.63. The Morgan fingerprint density at radius 1 is 1.26 bits per heavy atom. The van der Waals surface area contributed by atoms with E-state index in [2.05, 4.69) is 5.32 Å². The van der Waals surface area contributed by atoms with Crippen LogP contribution in [0.25, 0.3) is 0 Å². The smallest absolute Gasteiger partial charge is 0.250 e. The maximum Gasteiger partial charge on any atom is 0.250 e. The number of hydrogen-bond acceptors (Lipinski definition) is 3. The second-order valence-corrected chi connectivity index (χ2v) is 6.65. The van der Waals surface area contributed by atoms with Crippen LogP contribution in [0.15, 0.2) is 0 Å². The van der Waals surface area contributed by atoms with Gasteiger partial charge in [0.05, 0.1) is 0 Å². The predicted octanol–water partition coefficient (Wildman–Crippen LogP) is 1.47. The number of ether oxygens (including phenoxy) is 1.